The number of hydrogen-bond acceptors (Lipinski definition) is 4. The summed E-state index contributed by atoms with van der Waals surface area (Å²) < 4.78 is 30.6. The number of benzene rings is 1. The summed E-state index contributed by atoms with van der Waals surface area (Å²) in [4.78, 5) is 11.0. The Balaban J connectivity index is 3.04. The van der Waals surface area contributed by atoms with Gasteiger partial charge in [-0.15, -0.1) is 0 Å². The Labute approximate surface area is 112 Å². The summed E-state index contributed by atoms with van der Waals surface area (Å²) in [5, 5.41) is 8.97. The van der Waals surface area contributed by atoms with Crippen LogP contribution in [0.3, 0.4) is 0 Å². The number of nitrogens with one attached hydrogen (secondary N) is 1. The number of methoxy groups -OCH3 is 1. The number of carboxylic acid groups (broad SMARTS) is 1. The number of ether oxygens (including phenoxy) is 1. The van der Waals surface area contributed by atoms with Crippen molar-refractivity contribution in [2.24, 2.45) is 0 Å². The maximum atomic E-state index is 11.7. The molecule has 0 aliphatic heterocycles. The lowest BCUT2D eigenvalue weighted by Crippen LogP contribution is -2.20. The third-order valence-corrected chi connectivity index (χ3v) is 4.07. The first-order valence-corrected chi connectivity index (χ1v) is 7.26. The van der Waals surface area contributed by atoms with Gasteiger partial charge in [0.15, 0.2) is 0 Å². The first kappa shape index (κ1) is 15.5. The molecule has 1 aromatic carbocycles. The molecule has 0 saturated carbocycles. The minimum absolute atomic E-state index is 0.0978. The van der Waals surface area contributed by atoms with Gasteiger partial charge in [-0.25, -0.2) is 13.2 Å². The highest BCUT2D eigenvalue weighted by molar-refractivity contribution is 7.92. The third kappa shape index (κ3) is 3.93. The van der Waals surface area contributed by atoms with Crippen molar-refractivity contribution in [2.75, 3.05) is 24.2 Å². The van der Waals surface area contributed by atoms with Gasteiger partial charge in [-0.3, -0.25) is 4.72 Å². The van der Waals surface area contributed by atoms with Gasteiger partial charge in [0.25, 0.3) is 0 Å². The first-order chi connectivity index (χ1) is 8.78. The van der Waals surface area contributed by atoms with Gasteiger partial charge >= 0.3 is 5.97 Å². The number of rotatable bonds is 6. The molecule has 0 heterocycles. The predicted octanol–water partition coefficient (Wildman–Crippen LogP) is 1.39. The first-order valence-electron chi connectivity index (χ1n) is 5.61. The molecule has 0 aliphatic carbocycles. The summed E-state index contributed by atoms with van der Waals surface area (Å²) in [7, 11) is -2.07. The molecule has 1 aromatic rings. The molecule has 6 nitrogen and oxygen atoms in total. The van der Waals surface area contributed by atoms with Crippen LogP contribution in [0.4, 0.5) is 5.69 Å². The molecule has 0 aromatic heterocycles. The molecular formula is C12H17NO5S. The minimum Gasteiger partial charge on any atom is -0.478 e. The SMILES string of the molecule is COCCS(=O)(=O)Nc1ccc(C(=O)O)c(C)c1C. The number of carbonyl (C=O) groups is 1. The smallest absolute Gasteiger partial charge is 0.335 e. The van der Waals surface area contributed by atoms with Gasteiger partial charge in [-0.05, 0) is 37.1 Å². The fourth-order valence-corrected chi connectivity index (χ4v) is 2.62. The second-order valence-electron chi connectivity index (χ2n) is 4.13. The molecule has 7 heteroatoms. The average molecular weight is 287 g/mol. The molecule has 1 rings (SSSR count). The van der Waals surface area contributed by atoms with E-state index in [2.05, 4.69) is 4.72 Å². The number of anilines is 1. The van der Waals surface area contributed by atoms with Gasteiger partial charge in [-0.2, -0.15) is 0 Å². The van der Waals surface area contributed by atoms with Gasteiger partial charge in [0, 0.05) is 7.11 Å². The highest BCUT2D eigenvalue weighted by atomic mass is 32.2. The molecule has 0 saturated heterocycles. The predicted molar refractivity (Wildman–Crippen MR) is 72.2 cm³/mol. The normalized spacial score (nSPS) is 11.3. The maximum absolute atomic E-state index is 11.7. The van der Waals surface area contributed by atoms with Crippen LogP contribution in [0, 0.1) is 13.8 Å². The van der Waals surface area contributed by atoms with E-state index in [0.29, 0.717) is 16.8 Å². The number of carboxylic acids is 1. The summed E-state index contributed by atoms with van der Waals surface area (Å²) in [5.74, 6) is -1.18. The third-order valence-electron chi connectivity index (χ3n) is 2.84. The number of hydrogen-bond donors (Lipinski definition) is 2. The molecule has 0 spiro atoms. The van der Waals surface area contributed by atoms with Crippen LogP contribution in [-0.4, -0.2) is 39.0 Å². The Morgan fingerprint density at radius 3 is 2.47 bits per heavy atom. The summed E-state index contributed by atoms with van der Waals surface area (Å²) in [5.41, 5.74) is 1.69. The van der Waals surface area contributed by atoms with Gasteiger partial charge in [0.2, 0.25) is 10.0 Å². The molecule has 0 radical (unpaired) electrons. The van der Waals surface area contributed by atoms with Crippen LogP contribution in [-0.2, 0) is 14.8 Å². The van der Waals surface area contributed by atoms with Crippen molar-refractivity contribution in [3.63, 3.8) is 0 Å². The van der Waals surface area contributed by atoms with E-state index < -0.39 is 16.0 Å². The van der Waals surface area contributed by atoms with Crippen LogP contribution in [0.1, 0.15) is 21.5 Å². The summed E-state index contributed by atoms with van der Waals surface area (Å²) in [6, 6.07) is 2.84. The van der Waals surface area contributed by atoms with E-state index >= 15 is 0 Å². The number of aromatic carboxylic acids is 1. The van der Waals surface area contributed by atoms with Crippen molar-refractivity contribution in [2.45, 2.75) is 13.8 Å². The minimum atomic E-state index is -3.49. The van der Waals surface area contributed by atoms with Gasteiger partial charge < -0.3 is 9.84 Å². The van der Waals surface area contributed by atoms with Crippen molar-refractivity contribution in [3.8, 4) is 0 Å². The van der Waals surface area contributed by atoms with E-state index in [1.807, 2.05) is 0 Å². The highest BCUT2D eigenvalue weighted by Crippen LogP contribution is 2.23. The van der Waals surface area contributed by atoms with Crippen LogP contribution in [0.15, 0.2) is 12.1 Å². The Bertz CT molecular complexity index is 580. The monoisotopic (exact) mass is 287 g/mol. The van der Waals surface area contributed by atoms with Crippen LogP contribution in [0.5, 0.6) is 0 Å². The number of sulfonamides is 1. The van der Waals surface area contributed by atoms with Crippen molar-refractivity contribution in [1.29, 1.82) is 0 Å². The van der Waals surface area contributed by atoms with E-state index in [9.17, 15) is 13.2 Å². The van der Waals surface area contributed by atoms with Crippen LogP contribution in [0.2, 0.25) is 0 Å². The van der Waals surface area contributed by atoms with Crippen LogP contribution in [0.25, 0.3) is 0 Å². The van der Waals surface area contributed by atoms with Gasteiger partial charge in [0.1, 0.15) is 0 Å². The van der Waals surface area contributed by atoms with Crippen molar-refractivity contribution < 1.29 is 23.1 Å². The quantitative estimate of drug-likeness (QED) is 0.824. The Kier molecular flexibility index (Phi) is 4.90. The van der Waals surface area contributed by atoms with E-state index in [1.54, 1.807) is 13.8 Å². The lowest BCUT2D eigenvalue weighted by atomic mass is 10.0. The fourth-order valence-electron chi connectivity index (χ4n) is 1.57. The second-order valence-corrected chi connectivity index (χ2v) is 5.97. The topological polar surface area (TPSA) is 92.7 Å². The molecule has 0 aliphatic rings. The Hall–Kier alpha value is -1.60. The van der Waals surface area contributed by atoms with E-state index in [-0.39, 0.29) is 17.9 Å². The summed E-state index contributed by atoms with van der Waals surface area (Å²) in [6.07, 6.45) is 0. The standard InChI is InChI=1S/C12H17NO5S/c1-8-9(2)11(5-4-10(8)12(14)15)13-19(16,17)7-6-18-3/h4-5,13H,6-7H2,1-3H3,(H,14,15). The van der Waals surface area contributed by atoms with Crippen molar-refractivity contribution >= 4 is 21.7 Å². The van der Waals surface area contributed by atoms with Gasteiger partial charge in [-0.1, -0.05) is 0 Å². The highest BCUT2D eigenvalue weighted by Gasteiger charge is 2.15. The second kappa shape index (κ2) is 6.03. The molecule has 0 bridgehead atoms. The largest absolute Gasteiger partial charge is 0.478 e. The zero-order valence-electron chi connectivity index (χ0n) is 11.1. The van der Waals surface area contributed by atoms with Crippen LogP contribution < -0.4 is 4.72 Å². The Morgan fingerprint density at radius 2 is 1.95 bits per heavy atom. The molecule has 19 heavy (non-hydrogen) atoms. The zero-order valence-corrected chi connectivity index (χ0v) is 11.9. The van der Waals surface area contributed by atoms with E-state index in [1.165, 1.54) is 19.2 Å². The zero-order chi connectivity index (χ0) is 14.6. The lowest BCUT2D eigenvalue weighted by molar-refractivity contribution is 0.0696. The summed E-state index contributed by atoms with van der Waals surface area (Å²) >= 11 is 0. The van der Waals surface area contributed by atoms with E-state index in [4.69, 9.17) is 9.84 Å². The molecule has 0 amide bonds. The molecule has 0 fully saturated rings. The maximum Gasteiger partial charge on any atom is 0.335 e. The van der Waals surface area contributed by atoms with Crippen molar-refractivity contribution in [1.82, 2.24) is 0 Å². The van der Waals surface area contributed by atoms with Gasteiger partial charge in [0.05, 0.1) is 23.6 Å². The molecule has 2 N–H and O–H groups in total. The Morgan fingerprint density at radius 1 is 1.32 bits per heavy atom. The van der Waals surface area contributed by atoms with Crippen molar-refractivity contribution in [3.05, 3.63) is 28.8 Å². The van der Waals surface area contributed by atoms with E-state index in [0.717, 1.165) is 0 Å². The molecule has 0 unspecified atom stereocenters. The molecule has 106 valence electrons. The fraction of sp³-hybridized carbons (Fsp3) is 0.417. The summed E-state index contributed by atoms with van der Waals surface area (Å²) in [6.45, 7) is 3.42. The molecular weight excluding hydrogens is 270 g/mol. The average Bonchev–Trinajstić information content (AvgIpc) is 2.32. The van der Waals surface area contributed by atoms with Crippen LogP contribution >= 0.6 is 0 Å². The molecule has 0 atom stereocenters. The lowest BCUT2D eigenvalue weighted by Gasteiger charge is -2.13.